The molecule has 1 unspecified atom stereocenters. The molecule has 0 heterocycles. The number of carbonyl (C=O) groups is 1. The minimum atomic E-state index is -0.771. The van der Waals surface area contributed by atoms with Crippen LogP contribution in [0.5, 0.6) is 5.75 Å². The van der Waals surface area contributed by atoms with Crippen LogP contribution in [0.1, 0.15) is 17.3 Å². The van der Waals surface area contributed by atoms with Crippen molar-refractivity contribution in [2.75, 3.05) is 26.4 Å². The van der Waals surface area contributed by atoms with E-state index in [9.17, 15) is 4.79 Å². The third kappa shape index (κ3) is 6.62. The molecule has 0 fully saturated rings. The van der Waals surface area contributed by atoms with Gasteiger partial charge in [-0.2, -0.15) is 0 Å². The van der Waals surface area contributed by atoms with E-state index in [1.165, 1.54) is 6.07 Å². The van der Waals surface area contributed by atoms with Crippen molar-refractivity contribution in [2.45, 2.75) is 13.2 Å². The van der Waals surface area contributed by atoms with Gasteiger partial charge in [0.05, 0.1) is 13.2 Å². The van der Waals surface area contributed by atoms with Gasteiger partial charge in [0.2, 0.25) is 5.91 Å². The van der Waals surface area contributed by atoms with Gasteiger partial charge in [-0.25, -0.2) is 0 Å². The Bertz CT molecular complexity index is 503. The molecule has 1 aromatic carbocycles. The number of benzene rings is 1. The molecule has 0 saturated heterocycles. The van der Waals surface area contributed by atoms with E-state index in [0.29, 0.717) is 31.1 Å². The first-order valence-electron chi connectivity index (χ1n) is 6.43. The normalized spacial score (nSPS) is 11.5. The second kappa shape index (κ2) is 9.60. The molecular weight excluding hydrogens is 276 g/mol. The molecule has 21 heavy (non-hydrogen) atoms. The fourth-order valence-electron chi connectivity index (χ4n) is 1.47. The van der Waals surface area contributed by atoms with E-state index in [0.717, 1.165) is 0 Å². The highest BCUT2D eigenvalue weighted by Crippen LogP contribution is 2.13. The van der Waals surface area contributed by atoms with Crippen LogP contribution in [0.25, 0.3) is 10.4 Å². The van der Waals surface area contributed by atoms with E-state index in [1.54, 1.807) is 18.2 Å². The summed E-state index contributed by atoms with van der Waals surface area (Å²) in [4.78, 5) is 13.8. The lowest BCUT2D eigenvalue weighted by Gasteiger charge is -2.14. The lowest BCUT2D eigenvalue weighted by molar-refractivity contribution is -0.00892. The lowest BCUT2D eigenvalue weighted by atomic mass is 10.2. The average Bonchev–Trinajstić information content (AvgIpc) is 2.49. The molecule has 1 atom stereocenters. The van der Waals surface area contributed by atoms with Crippen molar-refractivity contribution in [3.05, 3.63) is 40.3 Å². The van der Waals surface area contributed by atoms with Crippen LogP contribution in [0.2, 0.25) is 0 Å². The molecule has 114 valence electrons. The van der Waals surface area contributed by atoms with Gasteiger partial charge in [-0.15, -0.1) is 0 Å². The summed E-state index contributed by atoms with van der Waals surface area (Å²) in [5.41, 5.74) is 14.0. The van der Waals surface area contributed by atoms with Gasteiger partial charge in [0.15, 0.2) is 6.23 Å². The predicted octanol–water partition coefficient (Wildman–Crippen LogP) is 1.85. The molecule has 0 bridgehead atoms. The molecule has 2 N–H and O–H groups in total. The number of nitrogens with zero attached hydrogens (tertiary/aromatic N) is 3. The molecule has 1 rings (SSSR count). The Labute approximate surface area is 122 Å². The highest BCUT2D eigenvalue weighted by Gasteiger charge is 2.09. The summed E-state index contributed by atoms with van der Waals surface area (Å²) in [5.74, 6) is -0.0992. The van der Waals surface area contributed by atoms with Crippen molar-refractivity contribution < 1.29 is 19.0 Å². The highest BCUT2D eigenvalue weighted by molar-refractivity contribution is 5.93. The smallest absolute Gasteiger partial charge is 0.248 e. The van der Waals surface area contributed by atoms with Gasteiger partial charge in [0.25, 0.3) is 0 Å². The fraction of sp³-hybridized carbons (Fsp3) is 0.462. The third-order valence-corrected chi connectivity index (χ3v) is 2.43. The van der Waals surface area contributed by atoms with Crippen LogP contribution in [0.4, 0.5) is 0 Å². The second-order valence-electron chi connectivity index (χ2n) is 3.93. The Balaban J connectivity index is 2.50. The van der Waals surface area contributed by atoms with Gasteiger partial charge in [0, 0.05) is 17.1 Å². The molecule has 1 aromatic rings. The number of primary amides is 1. The van der Waals surface area contributed by atoms with Gasteiger partial charge in [-0.1, -0.05) is 11.2 Å². The SMILES string of the molecule is CCOCCOC(COc1cccc(C(N)=O)c1)N=[N+]=[N-]. The van der Waals surface area contributed by atoms with Crippen LogP contribution >= 0.6 is 0 Å². The molecule has 0 aliphatic heterocycles. The molecule has 0 spiro atoms. The topological polar surface area (TPSA) is 120 Å². The highest BCUT2D eigenvalue weighted by atomic mass is 16.6. The number of rotatable bonds is 10. The maximum Gasteiger partial charge on any atom is 0.248 e. The molecular formula is C13H18N4O4. The van der Waals surface area contributed by atoms with Gasteiger partial charge in [-0.05, 0) is 30.7 Å². The monoisotopic (exact) mass is 294 g/mol. The molecule has 1 amide bonds. The number of amides is 1. The van der Waals surface area contributed by atoms with Crippen LogP contribution < -0.4 is 10.5 Å². The molecule has 0 aromatic heterocycles. The van der Waals surface area contributed by atoms with E-state index >= 15 is 0 Å². The molecule has 0 aliphatic rings. The molecule has 8 heteroatoms. The lowest BCUT2D eigenvalue weighted by Crippen LogP contribution is -2.21. The fourth-order valence-corrected chi connectivity index (χ4v) is 1.47. The zero-order valence-electron chi connectivity index (χ0n) is 11.8. The second-order valence-corrected chi connectivity index (χ2v) is 3.93. The summed E-state index contributed by atoms with van der Waals surface area (Å²) in [6.45, 7) is 3.19. The van der Waals surface area contributed by atoms with Crippen molar-refractivity contribution in [1.29, 1.82) is 0 Å². The first-order chi connectivity index (χ1) is 10.2. The zero-order valence-corrected chi connectivity index (χ0v) is 11.8. The molecule has 0 saturated carbocycles. The number of carbonyl (C=O) groups excluding carboxylic acids is 1. The van der Waals surface area contributed by atoms with E-state index in [2.05, 4.69) is 10.0 Å². The Morgan fingerprint density at radius 1 is 1.48 bits per heavy atom. The zero-order chi connectivity index (χ0) is 15.5. The molecule has 0 radical (unpaired) electrons. The number of hydrogen-bond donors (Lipinski definition) is 1. The number of ether oxygens (including phenoxy) is 3. The summed E-state index contributed by atoms with van der Waals surface area (Å²) in [6.07, 6.45) is -0.771. The quantitative estimate of drug-likeness (QED) is 0.306. The van der Waals surface area contributed by atoms with Crippen molar-refractivity contribution >= 4 is 5.91 Å². The Morgan fingerprint density at radius 2 is 2.29 bits per heavy atom. The average molecular weight is 294 g/mol. The molecule has 0 aliphatic carbocycles. The van der Waals surface area contributed by atoms with Crippen molar-refractivity contribution in [2.24, 2.45) is 10.8 Å². The van der Waals surface area contributed by atoms with Crippen molar-refractivity contribution in [1.82, 2.24) is 0 Å². The summed E-state index contributed by atoms with van der Waals surface area (Å²) >= 11 is 0. The van der Waals surface area contributed by atoms with Crippen LogP contribution in [-0.2, 0) is 9.47 Å². The van der Waals surface area contributed by atoms with E-state index < -0.39 is 12.1 Å². The summed E-state index contributed by atoms with van der Waals surface area (Å²) in [7, 11) is 0. The number of azide groups is 1. The largest absolute Gasteiger partial charge is 0.491 e. The van der Waals surface area contributed by atoms with E-state index in [4.69, 9.17) is 25.5 Å². The predicted molar refractivity (Wildman–Crippen MR) is 75.8 cm³/mol. The summed E-state index contributed by atoms with van der Waals surface area (Å²) in [5, 5.41) is 3.48. The maximum atomic E-state index is 11.1. The summed E-state index contributed by atoms with van der Waals surface area (Å²) < 4.78 is 15.9. The van der Waals surface area contributed by atoms with Crippen LogP contribution in [0.15, 0.2) is 29.4 Å². The van der Waals surface area contributed by atoms with Crippen molar-refractivity contribution in [3.8, 4) is 5.75 Å². The van der Waals surface area contributed by atoms with E-state index in [-0.39, 0.29) is 6.61 Å². The first kappa shape index (κ1) is 16.8. The number of hydrogen-bond acceptors (Lipinski definition) is 5. The van der Waals surface area contributed by atoms with Crippen LogP contribution in [0, 0.1) is 0 Å². The Kier molecular flexibility index (Phi) is 7.67. The minimum Gasteiger partial charge on any atom is -0.491 e. The van der Waals surface area contributed by atoms with Crippen molar-refractivity contribution in [3.63, 3.8) is 0 Å². The minimum absolute atomic E-state index is 0.0262. The van der Waals surface area contributed by atoms with Crippen LogP contribution in [0.3, 0.4) is 0 Å². The van der Waals surface area contributed by atoms with Crippen LogP contribution in [-0.4, -0.2) is 38.6 Å². The third-order valence-electron chi connectivity index (χ3n) is 2.43. The van der Waals surface area contributed by atoms with Gasteiger partial charge < -0.3 is 19.9 Å². The standard InChI is InChI=1S/C13H18N4O4/c1-2-19-6-7-20-12(16-17-15)9-21-11-5-3-4-10(8-11)13(14)18/h3-5,8,12H,2,6-7,9H2,1H3,(H2,14,18). The van der Waals surface area contributed by atoms with Gasteiger partial charge in [-0.3, -0.25) is 4.79 Å². The Morgan fingerprint density at radius 3 is 2.95 bits per heavy atom. The number of nitrogens with two attached hydrogens (primary N) is 1. The maximum absolute atomic E-state index is 11.1. The Hall–Kier alpha value is -2.28. The summed E-state index contributed by atoms with van der Waals surface area (Å²) in [6, 6.07) is 6.40. The van der Waals surface area contributed by atoms with E-state index in [1.807, 2.05) is 6.92 Å². The van der Waals surface area contributed by atoms with Gasteiger partial charge in [0.1, 0.15) is 12.4 Å². The van der Waals surface area contributed by atoms with Gasteiger partial charge >= 0.3 is 0 Å². The first-order valence-corrected chi connectivity index (χ1v) is 6.43. The molecule has 8 nitrogen and oxygen atoms in total.